The summed E-state index contributed by atoms with van der Waals surface area (Å²) in [7, 11) is -3.54. The number of pyridine rings is 1. The van der Waals surface area contributed by atoms with Crippen LogP contribution in [0, 0.1) is 6.92 Å². The van der Waals surface area contributed by atoms with Gasteiger partial charge in [0, 0.05) is 17.4 Å². The molecule has 5 nitrogen and oxygen atoms in total. The van der Waals surface area contributed by atoms with Crippen LogP contribution >= 0.6 is 11.6 Å². The summed E-state index contributed by atoms with van der Waals surface area (Å²) in [6.45, 7) is 1.88. The minimum Gasteiger partial charge on any atom is -0.305 e. The second kappa shape index (κ2) is 5.62. The van der Waals surface area contributed by atoms with Crippen LogP contribution in [-0.4, -0.2) is 17.8 Å². The van der Waals surface area contributed by atoms with Gasteiger partial charge in [-0.2, -0.15) is 0 Å². The highest BCUT2D eigenvalue weighted by Gasteiger charge is 2.14. The Kier molecular flexibility index (Phi) is 3.80. The van der Waals surface area contributed by atoms with Crippen LogP contribution in [0.15, 0.2) is 48.8 Å². The first-order valence-corrected chi connectivity index (χ1v) is 8.65. The molecule has 0 atom stereocenters. The Morgan fingerprint density at radius 1 is 1.18 bits per heavy atom. The summed E-state index contributed by atoms with van der Waals surface area (Å²) in [5.41, 5.74) is 2.69. The average Bonchev–Trinajstić information content (AvgIpc) is 2.80. The molecule has 1 aromatic carbocycles. The van der Waals surface area contributed by atoms with Crippen LogP contribution in [0.5, 0.6) is 0 Å². The summed E-state index contributed by atoms with van der Waals surface area (Å²) in [4.78, 5) is 4.30. The van der Waals surface area contributed by atoms with E-state index in [-0.39, 0.29) is 5.75 Å². The van der Waals surface area contributed by atoms with Gasteiger partial charge in [-0.15, -0.1) is 0 Å². The molecule has 0 amide bonds. The molecule has 0 saturated carbocycles. The molecule has 0 unspecified atom stereocenters. The molecule has 0 aliphatic heterocycles. The molecule has 0 bridgehead atoms. The molecular weight excluding hydrogens is 322 g/mol. The van der Waals surface area contributed by atoms with E-state index < -0.39 is 10.0 Å². The third-order valence-electron chi connectivity index (χ3n) is 3.15. The predicted octanol–water partition coefficient (Wildman–Crippen LogP) is 3.24. The number of aromatic nitrogens is 2. The fourth-order valence-corrected chi connectivity index (χ4v) is 3.71. The summed E-state index contributed by atoms with van der Waals surface area (Å²) in [5, 5.41) is 0.438. The second-order valence-electron chi connectivity index (χ2n) is 5.02. The highest BCUT2D eigenvalue weighted by atomic mass is 35.5. The Hall–Kier alpha value is -2.05. The zero-order chi connectivity index (χ0) is 15.7. The minimum absolute atomic E-state index is 0.173. The van der Waals surface area contributed by atoms with Crippen molar-refractivity contribution >= 4 is 33.0 Å². The number of halogens is 1. The fourth-order valence-electron chi connectivity index (χ4n) is 2.21. The molecule has 114 valence electrons. The first-order valence-electron chi connectivity index (χ1n) is 6.62. The van der Waals surface area contributed by atoms with Crippen molar-refractivity contribution in [1.82, 2.24) is 9.38 Å². The van der Waals surface area contributed by atoms with Crippen LogP contribution in [0.1, 0.15) is 11.3 Å². The molecule has 2 heterocycles. The van der Waals surface area contributed by atoms with Gasteiger partial charge in [0.05, 0.1) is 17.1 Å². The van der Waals surface area contributed by atoms with Crippen LogP contribution in [-0.2, 0) is 15.8 Å². The van der Waals surface area contributed by atoms with E-state index in [4.69, 9.17) is 11.6 Å². The topological polar surface area (TPSA) is 63.5 Å². The van der Waals surface area contributed by atoms with Crippen molar-refractivity contribution in [2.24, 2.45) is 0 Å². The molecule has 0 spiro atoms. The number of nitrogens with zero attached hydrogens (tertiary/aromatic N) is 2. The molecule has 7 heteroatoms. The van der Waals surface area contributed by atoms with E-state index >= 15 is 0 Å². The normalized spacial score (nSPS) is 11.7. The van der Waals surface area contributed by atoms with Crippen LogP contribution in [0.25, 0.3) is 5.65 Å². The number of nitrogens with one attached hydrogen (secondary N) is 1. The van der Waals surface area contributed by atoms with Crippen molar-refractivity contribution in [3.8, 4) is 0 Å². The van der Waals surface area contributed by atoms with Gasteiger partial charge in [0.25, 0.3) is 0 Å². The number of anilines is 1. The number of benzene rings is 1. The van der Waals surface area contributed by atoms with Gasteiger partial charge < -0.3 is 4.40 Å². The van der Waals surface area contributed by atoms with Gasteiger partial charge in [-0.3, -0.25) is 4.72 Å². The van der Waals surface area contributed by atoms with Crippen molar-refractivity contribution in [2.45, 2.75) is 12.7 Å². The van der Waals surface area contributed by atoms with Gasteiger partial charge in [0.1, 0.15) is 5.65 Å². The minimum atomic E-state index is -3.54. The van der Waals surface area contributed by atoms with Gasteiger partial charge >= 0.3 is 0 Å². The number of hydrogen-bond acceptors (Lipinski definition) is 3. The van der Waals surface area contributed by atoms with Gasteiger partial charge in [-0.25, -0.2) is 13.4 Å². The summed E-state index contributed by atoms with van der Waals surface area (Å²) < 4.78 is 28.9. The largest absolute Gasteiger partial charge is 0.305 e. The average molecular weight is 336 g/mol. The maximum absolute atomic E-state index is 12.3. The number of sulfonamides is 1. The highest BCUT2D eigenvalue weighted by Crippen LogP contribution is 2.19. The number of aryl methyl sites for hydroxylation is 1. The smallest absolute Gasteiger partial charge is 0.237 e. The zero-order valence-corrected chi connectivity index (χ0v) is 13.4. The van der Waals surface area contributed by atoms with E-state index in [0.29, 0.717) is 16.3 Å². The molecule has 0 aliphatic rings. The first-order chi connectivity index (χ1) is 10.4. The third-order valence-corrected chi connectivity index (χ3v) is 4.75. The lowest BCUT2D eigenvalue weighted by molar-refractivity contribution is 0.600. The maximum atomic E-state index is 12.3. The molecule has 0 radical (unpaired) electrons. The Morgan fingerprint density at radius 2 is 1.95 bits per heavy atom. The molecule has 22 heavy (non-hydrogen) atoms. The Labute approximate surface area is 133 Å². The fraction of sp³-hybridized carbons (Fsp3) is 0.133. The Bertz CT molecular complexity index is 935. The van der Waals surface area contributed by atoms with Crippen LogP contribution < -0.4 is 4.72 Å². The summed E-state index contributed by atoms with van der Waals surface area (Å²) in [6.07, 6.45) is 3.53. The van der Waals surface area contributed by atoms with Crippen LogP contribution in [0.2, 0.25) is 5.02 Å². The summed E-state index contributed by atoms with van der Waals surface area (Å²) in [5.74, 6) is -0.173. The molecule has 0 aliphatic carbocycles. The molecule has 0 saturated heterocycles. The van der Waals surface area contributed by atoms with Gasteiger partial charge in [0.15, 0.2) is 0 Å². The standard InChI is InChI=1S/C15H14ClN3O2S/c1-11-8-19-9-13(6-7-15(19)17-11)18-22(20,21)10-12-4-2-3-5-14(12)16/h2-9,18H,10H2,1H3. The van der Waals surface area contributed by atoms with Crippen molar-refractivity contribution in [3.05, 3.63) is 65.1 Å². The quantitative estimate of drug-likeness (QED) is 0.796. The third kappa shape index (κ3) is 3.23. The lowest BCUT2D eigenvalue weighted by atomic mass is 10.2. The van der Waals surface area contributed by atoms with Gasteiger partial charge in [0.2, 0.25) is 10.0 Å². The first kappa shape index (κ1) is 14.9. The lowest BCUT2D eigenvalue weighted by Crippen LogP contribution is -2.15. The highest BCUT2D eigenvalue weighted by molar-refractivity contribution is 7.91. The maximum Gasteiger partial charge on any atom is 0.237 e. The van der Waals surface area contributed by atoms with Crippen LogP contribution in [0.3, 0.4) is 0 Å². The molecule has 1 N–H and O–H groups in total. The van der Waals surface area contributed by atoms with Gasteiger partial charge in [-0.05, 0) is 30.7 Å². The van der Waals surface area contributed by atoms with Crippen molar-refractivity contribution in [3.63, 3.8) is 0 Å². The Balaban J connectivity index is 1.85. The summed E-state index contributed by atoms with van der Waals surface area (Å²) >= 11 is 6.01. The molecule has 2 aromatic heterocycles. The van der Waals surface area contributed by atoms with Crippen molar-refractivity contribution in [2.75, 3.05) is 4.72 Å². The molecule has 0 fully saturated rings. The summed E-state index contributed by atoms with van der Waals surface area (Å²) in [6, 6.07) is 10.3. The number of imidazole rings is 1. The van der Waals surface area contributed by atoms with E-state index in [1.807, 2.05) is 13.1 Å². The van der Waals surface area contributed by atoms with E-state index in [0.717, 1.165) is 11.3 Å². The number of hydrogen-bond donors (Lipinski definition) is 1. The molecule has 3 aromatic rings. The monoisotopic (exact) mass is 335 g/mol. The number of fused-ring (bicyclic) bond motifs is 1. The predicted molar refractivity (Wildman–Crippen MR) is 87.6 cm³/mol. The Morgan fingerprint density at radius 3 is 2.73 bits per heavy atom. The van der Waals surface area contributed by atoms with E-state index in [1.165, 1.54) is 0 Å². The number of rotatable bonds is 4. The van der Waals surface area contributed by atoms with E-state index in [2.05, 4.69) is 9.71 Å². The van der Waals surface area contributed by atoms with Crippen LogP contribution in [0.4, 0.5) is 5.69 Å². The zero-order valence-electron chi connectivity index (χ0n) is 11.8. The molecular formula is C15H14ClN3O2S. The second-order valence-corrected chi connectivity index (χ2v) is 7.15. The van der Waals surface area contributed by atoms with Crippen molar-refractivity contribution in [1.29, 1.82) is 0 Å². The van der Waals surface area contributed by atoms with E-state index in [1.54, 1.807) is 47.0 Å². The van der Waals surface area contributed by atoms with Gasteiger partial charge in [-0.1, -0.05) is 29.8 Å². The van der Waals surface area contributed by atoms with E-state index in [9.17, 15) is 8.42 Å². The lowest BCUT2D eigenvalue weighted by Gasteiger charge is -2.09. The van der Waals surface area contributed by atoms with Crippen molar-refractivity contribution < 1.29 is 8.42 Å². The SMILES string of the molecule is Cc1cn2cc(NS(=O)(=O)Cc3ccccc3Cl)ccc2n1. The molecule has 3 rings (SSSR count).